The molecule has 0 aromatic heterocycles. The molecule has 0 saturated heterocycles. The molecule has 1 aromatic carbocycles. The molecule has 1 unspecified atom stereocenters. The van der Waals surface area contributed by atoms with Crippen molar-refractivity contribution in [2.45, 2.75) is 25.3 Å². The molecule has 1 aliphatic rings. The zero-order valence-electron chi connectivity index (χ0n) is 9.84. The average molecular weight is 221 g/mol. The van der Waals surface area contributed by atoms with Crippen LogP contribution >= 0.6 is 10.5 Å². The molecular weight excluding hydrogens is 202 g/mol. The van der Waals surface area contributed by atoms with Crippen LogP contribution in [0, 0.1) is 13.8 Å². The number of hydrogen-bond donors (Lipinski definition) is 0. The van der Waals surface area contributed by atoms with Gasteiger partial charge in [-0.3, -0.25) is 0 Å². The lowest BCUT2D eigenvalue weighted by Crippen LogP contribution is -2.18. The Kier molecular flexibility index (Phi) is 2.98. The van der Waals surface area contributed by atoms with Crippen molar-refractivity contribution in [3.63, 3.8) is 0 Å². The van der Waals surface area contributed by atoms with Crippen molar-refractivity contribution in [3.8, 4) is 0 Å². The van der Waals surface area contributed by atoms with E-state index >= 15 is 0 Å². The Bertz CT molecular complexity index is 409. The summed E-state index contributed by atoms with van der Waals surface area (Å²) in [4.78, 5) is 3.88. The van der Waals surface area contributed by atoms with Crippen molar-refractivity contribution in [2.75, 3.05) is 19.3 Å². The number of rotatable bonds is 0. The van der Waals surface area contributed by atoms with Gasteiger partial charge < -0.3 is 4.90 Å². The van der Waals surface area contributed by atoms with E-state index in [1.165, 1.54) is 33.9 Å². The van der Waals surface area contributed by atoms with E-state index in [9.17, 15) is 0 Å². The van der Waals surface area contributed by atoms with Crippen LogP contribution in [0.15, 0.2) is 17.0 Å². The molecule has 0 amide bonds. The minimum Gasteiger partial charge on any atom is -0.301 e. The number of aryl methyl sites for hydroxylation is 2. The number of nitrogens with zero attached hydrogens (tertiary/aromatic N) is 1. The van der Waals surface area contributed by atoms with Gasteiger partial charge in [0.25, 0.3) is 0 Å². The molecule has 2 heteroatoms. The fourth-order valence-corrected chi connectivity index (χ4v) is 3.58. The molecule has 1 heterocycles. The van der Waals surface area contributed by atoms with Crippen molar-refractivity contribution >= 4 is 16.4 Å². The highest BCUT2D eigenvalue weighted by Crippen LogP contribution is 2.33. The average Bonchev–Trinajstić information content (AvgIpc) is 2.30. The molecule has 82 valence electrons. The molecule has 1 atom stereocenters. The van der Waals surface area contributed by atoms with E-state index in [2.05, 4.69) is 43.8 Å². The Morgan fingerprint density at radius 3 is 2.67 bits per heavy atom. The van der Waals surface area contributed by atoms with Gasteiger partial charge in [-0.2, -0.15) is 10.5 Å². The SMILES string of the molecule is C=S1CCN(C)Cc2cc(C)c(C)cc21. The first-order valence-electron chi connectivity index (χ1n) is 5.37. The van der Waals surface area contributed by atoms with E-state index in [1.54, 1.807) is 0 Å². The Labute approximate surface area is 95.0 Å². The summed E-state index contributed by atoms with van der Waals surface area (Å²) in [6.45, 7) is 6.64. The maximum absolute atomic E-state index is 4.31. The van der Waals surface area contributed by atoms with Crippen LogP contribution in [0.4, 0.5) is 0 Å². The molecule has 15 heavy (non-hydrogen) atoms. The molecular formula is C13H19NS. The van der Waals surface area contributed by atoms with Crippen molar-refractivity contribution < 1.29 is 0 Å². The molecule has 0 fully saturated rings. The topological polar surface area (TPSA) is 3.24 Å². The van der Waals surface area contributed by atoms with Gasteiger partial charge in [0, 0.05) is 23.7 Å². The Balaban J connectivity index is 2.53. The third-order valence-corrected chi connectivity index (χ3v) is 4.82. The summed E-state index contributed by atoms with van der Waals surface area (Å²) in [6, 6.07) is 4.69. The van der Waals surface area contributed by atoms with Crippen LogP contribution in [0.2, 0.25) is 0 Å². The highest BCUT2D eigenvalue weighted by atomic mass is 32.2. The van der Waals surface area contributed by atoms with E-state index in [4.69, 9.17) is 0 Å². The van der Waals surface area contributed by atoms with Gasteiger partial charge in [0.05, 0.1) is 0 Å². The minimum absolute atomic E-state index is 0.187. The van der Waals surface area contributed by atoms with Crippen molar-refractivity contribution in [2.24, 2.45) is 0 Å². The number of fused-ring (bicyclic) bond motifs is 1. The molecule has 0 N–H and O–H groups in total. The number of benzene rings is 1. The highest BCUT2D eigenvalue weighted by Gasteiger charge is 2.14. The molecule has 0 saturated carbocycles. The maximum Gasteiger partial charge on any atom is 0.0242 e. The first-order valence-corrected chi connectivity index (χ1v) is 6.93. The third-order valence-electron chi connectivity index (χ3n) is 3.15. The van der Waals surface area contributed by atoms with Gasteiger partial charge in [0.2, 0.25) is 0 Å². The van der Waals surface area contributed by atoms with Crippen molar-refractivity contribution in [1.82, 2.24) is 4.90 Å². The maximum atomic E-state index is 4.31. The largest absolute Gasteiger partial charge is 0.301 e. The van der Waals surface area contributed by atoms with Gasteiger partial charge in [-0.25, -0.2) is 0 Å². The molecule has 1 aromatic rings. The Hall–Kier alpha value is -0.600. The Morgan fingerprint density at radius 2 is 1.93 bits per heavy atom. The van der Waals surface area contributed by atoms with E-state index in [-0.39, 0.29) is 10.5 Å². The molecule has 0 spiro atoms. The van der Waals surface area contributed by atoms with Gasteiger partial charge in [0.1, 0.15) is 0 Å². The van der Waals surface area contributed by atoms with E-state index < -0.39 is 0 Å². The van der Waals surface area contributed by atoms with Crippen LogP contribution in [0.25, 0.3) is 0 Å². The fraction of sp³-hybridized carbons (Fsp3) is 0.462. The second-order valence-electron chi connectivity index (χ2n) is 4.48. The lowest BCUT2D eigenvalue weighted by atomic mass is 10.1. The van der Waals surface area contributed by atoms with Crippen LogP contribution in [0.5, 0.6) is 0 Å². The van der Waals surface area contributed by atoms with Gasteiger partial charge in [-0.15, -0.1) is 0 Å². The van der Waals surface area contributed by atoms with E-state index in [0.717, 1.165) is 6.54 Å². The molecule has 0 aliphatic carbocycles. The second-order valence-corrected chi connectivity index (χ2v) is 6.31. The van der Waals surface area contributed by atoms with Crippen LogP contribution in [-0.4, -0.2) is 30.1 Å². The summed E-state index contributed by atoms with van der Waals surface area (Å²) < 4.78 is 0. The summed E-state index contributed by atoms with van der Waals surface area (Å²) in [5, 5.41) is 0. The predicted octanol–water partition coefficient (Wildman–Crippen LogP) is 2.81. The molecule has 0 radical (unpaired) electrons. The van der Waals surface area contributed by atoms with Crippen LogP contribution < -0.4 is 0 Å². The summed E-state index contributed by atoms with van der Waals surface area (Å²) >= 11 is 0. The highest BCUT2D eigenvalue weighted by molar-refractivity contribution is 8.14. The Morgan fingerprint density at radius 1 is 1.27 bits per heavy atom. The summed E-state index contributed by atoms with van der Waals surface area (Å²) in [5.74, 6) is 5.51. The van der Waals surface area contributed by atoms with E-state index in [0.29, 0.717) is 0 Å². The molecule has 0 bridgehead atoms. The monoisotopic (exact) mass is 221 g/mol. The fourth-order valence-electron chi connectivity index (χ4n) is 1.99. The molecule has 1 aliphatic heterocycles. The van der Waals surface area contributed by atoms with Gasteiger partial charge >= 0.3 is 0 Å². The zero-order chi connectivity index (χ0) is 11.0. The number of hydrogen-bond acceptors (Lipinski definition) is 1. The van der Waals surface area contributed by atoms with Gasteiger partial charge in [-0.1, -0.05) is 11.9 Å². The predicted molar refractivity (Wildman–Crippen MR) is 70.1 cm³/mol. The first-order chi connectivity index (χ1) is 7.08. The van der Waals surface area contributed by atoms with Gasteiger partial charge in [0.15, 0.2) is 0 Å². The standard InChI is InChI=1S/C13H19NS/c1-10-7-12-9-14(3)5-6-15(4)13(12)8-11(10)2/h7-8H,4-6,9H2,1-3H3. The smallest absolute Gasteiger partial charge is 0.0242 e. The summed E-state index contributed by atoms with van der Waals surface area (Å²) in [7, 11) is 2.38. The molecule has 2 rings (SSSR count). The van der Waals surface area contributed by atoms with E-state index in [1.807, 2.05) is 0 Å². The zero-order valence-corrected chi connectivity index (χ0v) is 10.7. The van der Waals surface area contributed by atoms with Crippen LogP contribution in [-0.2, 0) is 6.54 Å². The minimum atomic E-state index is 0.187. The van der Waals surface area contributed by atoms with Crippen LogP contribution in [0.1, 0.15) is 16.7 Å². The summed E-state index contributed by atoms with van der Waals surface area (Å²) in [5.41, 5.74) is 4.29. The second kappa shape index (κ2) is 4.11. The normalized spacial score (nSPS) is 22.2. The first kappa shape index (κ1) is 10.9. The van der Waals surface area contributed by atoms with Crippen molar-refractivity contribution in [1.29, 1.82) is 0 Å². The van der Waals surface area contributed by atoms with Crippen LogP contribution in [0.3, 0.4) is 0 Å². The molecule has 1 nitrogen and oxygen atoms in total. The van der Waals surface area contributed by atoms with Gasteiger partial charge in [-0.05, 0) is 43.7 Å². The lowest BCUT2D eigenvalue weighted by Gasteiger charge is -2.14. The van der Waals surface area contributed by atoms with Crippen molar-refractivity contribution in [3.05, 3.63) is 28.8 Å². The third kappa shape index (κ3) is 2.16. The quantitative estimate of drug-likeness (QED) is 0.609. The summed E-state index contributed by atoms with van der Waals surface area (Å²) in [6.07, 6.45) is 0. The lowest BCUT2D eigenvalue weighted by molar-refractivity contribution is 0.349.